The first-order valence-corrected chi connectivity index (χ1v) is 12.7. The second-order valence-electron chi connectivity index (χ2n) is 7.92. The van der Waals surface area contributed by atoms with Crippen LogP contribution in [-0.4, -0.2) is 38.9 Å². The number of hydrogen-bond donors (Lipinski definition) is 2. The summed E-state index contributed by atoms with van der Waals surface area (Å²) < 4.78 is 70.7. The number of ether oxygens (including phenoxy) is 1. The van der Waals surface area contributed by atoms with Crippen LogP contribution in [0.1, 0.15) is 16.7 Å². The number of halogens is 4. The largest absolute Gasteiger partial charge is 0.496 e. The molecule has 11 heteroatoms. The second kappa shape index (κ2) is 11.3. The summed E-state index contributed by atoms with van der Waals surface area (Å²) in [5.74, 6) is -0.974. The molecule has 0 fully saturated rings. The summed E-state index contributed by atoms with van der Waals surface area (Å²) in [6, 6.07) is 13.6. The van der Waals surface area contributed by atoms with Gasteiger partial charge in [0.05, 0.1) is 29.7 Å². The number of aliphatic carboxylic acids is 1. The Morgan fingerprint density at radius 3 is 2.33 bits per heavy atom. The Morgan fingerprint density at radius 1 is 1.03 bits per heavy atom. The van der Waals surface area contributed by atoms with Gasteiger partial charge in [-0.15, -0.1) is 0 Å². The Kier molecular flexibility index (Phi) is 8.65. The maximum absolute atomic E-state index is 13.4. The van der Waals surface area contributed by atoms with E-state index < -0.39 is 27.5 Å². The lowest BCUT2D eigenvalue weighted by Gasteiger charge is -2.17. The molecule has 0 aliphatic heterocycles. The van der Waals surface area contributed by atoms with Crippen LogP contribution in [0, 0.1) is 0 Å². The molecule has 2 N–H and O–H groups in total. The SMILES string of the molecule is COc1ccc(CC(=O)O)cc1-c1ccc(C(F)(F)F)cc1CNCCS(=O)(=O)c1ccc(Cl)cc1. The van der Waals surface area contributed by atoms with Crippen molar-refractivity contribution in [2.24, 2.45) is 0 Å². The van der Waals surface area contributed by atoms with Crippen molar-refractivity contribution < 1.29 is 36.2 Å². The average molecular weight is 542 g/mol. The molecule has 0 unspecified atom stereocenters. The molecule has 6 nitrogen and oxygen atoms in total. The van der Waals surface area contributed by atoms with Gasteiger partial charge in [-0.3, -0.25) is 4.79 Å². The normalized spacial score (nSPS) is 11.9. The van der Waals surface area contributed by atoms with E-state index in [2.05, 4.69) is 5.32 Å². The smallest absolute Gasteiger partial charge is 0.416 e. The van der Waals surface area contributed by atoms with Crippen LogP contribution in [0.5, 0.6) is 5.75 Å². The third-order valence-corrected chi connectivity index (χ3v) is 7.36. The van der Waals surface area contributed by atoms with Crippen LogP contribution in [0.15, 0.2) is 65.6 Å². The molecule has 0 spiro atoms. The lowest BCUT2D eigenvalue weighted by atomic mass is 9.94. The first kappa shape index (κ1) is 27.5. The van der Waals surface area contributed by atoms with Crippen molar-refractivity contribution in [3.8, 4) is 16.9 Å². The van der Waals surface area contributed by atoms with Crippen molar-refractivity contribution in [1.82, 2.24) is 5.32 Å². The third kappa shape index (κ3) is 6.99. The number of rotatable bonds is 10. The molecule has 0 saturated heterocycles. The topological polar surface area (TPSA) is 92.7 Å². The molecule has 0 bridgehead atoms. The van der Waals surface area contributed by atoms with Gasteiger partial charge in [-0.1, -0.05) is 23.7 Å². The van der Waals surface area contributed by atoms with Gasteiger partial charge < -0.3 is 15.2 Å². The van der Waals surface area contributed by atoms with Gasteiger partial charge in [0, 0.05) is 23.7 Å². The Bertz CT molecular complexity index is 1340. The Morgan fingerprint density at radius 2 is 1.72 bits per heavy atom. The highest BCUT2D eigenvalue weighted by atomic mass is 35.5. The molecule has 0 heterocycles. The molecule has 3 aromatic carbocycles. The summed E-state index contributed by atoms with van der Waals surface area (Å²) >= 11 is 5.80. The third-order valence-electron chi connectivity index (χ3n) is 5.38. The lowest BCUT2D eigenvalue weighted by molar-refractivity contribution is -0.138. The summed E-state index contributed by atoms with van der Waals surface area (Å²) in [4.78, 5) is 11.2. The van der Waals surface area contributed by atoms with Crippen LogP contribution in [0.25, 0.3) is 11.1 Å². The fraction of sp³-hybridized carbons (Fsp3) is 0.240. The summed E-state index contributed by atoms with van der Waals surface area (Å²) in [7, 11) is -2.23. The van der Waals surface area contributed by atoms with Gasteiger partial charge in [-0.25, -0.2) is 8.42 Å². The number of hydrogen-bond acceptors (Lipinski definition) is 5. The number of sulfone groups is 1. The van der Waals surface area contributed by atoms with Crippen LogP contribution in [0.2, 0.25) is 5.02 Å². The number of methoxy groups -OCH3 is 1. The molecule has 0 atom stereocenters. The second-order valence-corrected chi connectivity index (χ2v) is 10.5. The molecule has 0 aromatic heterocycles. The molecule has 0 saturated carbocycles. The predicted molar refractivity (Wildman–Crippen MR) is 130 cm³/mol. The van der Waals surface area contributed by atoms with E-state index in [4.69, 9.17) is 21.4 Å². The first-order valence-electron chi connectivity index (χ1n) is 10.7. The average Bonchev–Trinajstić information content (AvgIpc) is 2.81. The molecule has 0 radical (unpaired) electrons. The number of carboxylic acids is 1. The molecule has 0 amide bonds. The summed E-state index contributed by atoms with van der Waals surface area (Å²) in [6.07, 6.45) is -4.85. The highest BCUT2D eigenvalue weighted by Gasteiger charge is 2.31. The monoisotopic (exact) mass is 541 g/mol. The van der Waals surface area contributed by atoms with Crippen molar-refractivity contribution in [1.29, 1.82) is 0 Å². The fourth-order valence-corrected chi connectivity index (χ4v) is 4.94. The minimum Gasteiger partial charge on any atom is -0.496 e. The number of nitrogens with one attached hydrogen (secondary N) is 1. The zero-order valence-electron chi connectivity index (χ0n) is 19.1. The standard InChI is InChI=1S/C25H23ClF3NO5S/c1-35-23-9-2-16(13-24(31)32)12-22(23)21-8-3-18(25(27,28)29)14-17(21)15-30-10-11-36(33,34)20-6-4-19(26)5-7-20/h2-9,12,14,30H,10-11,13,15H2,1H3,(H,31,32). The number of carboxylic acid groups (broad SMARTS) is 1. The zero-order chi connectivity index (χ0) is 26.5. The summed E-state index contributed by atoms with van der Waals surface area (Å²) in [6.45, 7) is -0.0848. The number of benzene rings is 3. The van der Waals surface area contributed by atoms with Crippen LogP contribution < -0.4 is 10.1 Å². The molecular weight excluding hydrogens is 519 g/mol. The highest BCUT2D eigenvalue weighted by Crippen LogP contribution is 2.37. The van der Waals surface area contributed by atoms with E-state index >= 15 is 0 Å². The molecule has 0 aliphatic rings. The van der Waals surface area contributed by atoms with E-state index in [9.17, 15) is 26.4 Å². The van der Waals surface area contributed by atoms with Gasteiger partial charge in [0.2, 0.25) is 0 Å². The first-order chi connectivity index (χ1) is 16.9. The number of alkyl halides is 3. The van der Waals surface area contributed by atoms with Crippen LogP contribution in [-0.2, 0) is 33.8 Å². The van der Waals surface area contributed by atoms with E-state index in [1.54, 1.807) is 18.2 Å². The molecule has 192 valence electrons. The fourth-order valence-electron chi connectivity index (χ4n) is 3.62. The van der Waals surface area contributed by atoms with Gasteiger partial charge in [0.15, 0.2) is 9.84 Å². The van der Waals surface area contributed by atoms with E-state index in [-0.39, 0.29) is 35.7 Å². The lowest BCUT2D eigenvalue weighted by Crippen LogP contribution is -2.23. The van der Waals surface area contributed by atoms with Crippen LogP contribution >= 0.6 is 11.6 Å². The van der Waals surface area contributed by atoms with Crippen molar-refractivity contribution in [2.45, 2.75) is 24.0 Å². The van der Waals surface area contributed by atoms with Gasteiger partial charge >= 0.3 is 12.1 Å². The molecule has 3 rings (SSSR count). The van der Waals surface area contributed by atoms with Crippen molar-refractivity contribution in [3.05, 3.63) is 82.4 Å². The van der Waals surface area contributed by atoms with Crippen molar-refractivity contribution in [2.75, 3.05) is 19.4 Å². The minimum absolute atomic E-state index is 0.0170. The maximum atomic E-state index is 13.4. The molecule has 0 aliphatic carbocycles. The highest BCUT2D eigenvalue weighted by molar-refractivity contribution is 7.91. The molecule has 3 aromatic rings. The number of carbonyl (C=O) groups is 1. The van der Waals surface area contributed by atoms with Gasteiger partial charge in [-0.2, -0.15) is 13.2 Å². The van der Waals surface area contributed by atoms with E-state index in [0.29, 0.717) is 27.5 Å². The Labute approximate surface area is 211 Å². The molecule has 36 heavy (non-hydrogen) atoms. The molecular formula is C25H23ClF3NO5S. The summed E-state index contributed by atoms with van der Waals surface area (Å²) in [5, 5.41) is 12.4. The van der Waals surface area contributed by atoms with Gasteiger partial charge in [-0.05, 0) is 65.2 Å². The van der Waals surface area contributed by atoms with E-state index in [1.807, 2.05) is 0 Å². The zero-order valence-corrected chi connectivity index (χ0v) is 20.7. The van der Waals surface area contributed by atoms with Gasteiger partial charge in [0.25, 0.3) is 0 Å². The Balaban J connectivity index is 1.88. The summed E-state index contributed by atoms with van der Waals surface area (Å²) in [5.41, 5.74) is 0.666. The van der Waals surface area contributed by atoms with Gasteiger partial charge in [0.1, 0.15) is 5.75 Å². The van der Waals surface area contributed by atoms with Crippen LogP contribution in [0.4, 0.5) is 13.2 Å². The predicted octanol–water partition coefficient (Wildman–Crippen LogP) is 5.23. The Hall–Kier alpha value is -3.08. The van der Waals surface area contributed by atoms with Crippen LogP contribution in [0.3, 0.4) is 0 Å². The van der Waals surface area contributed by atoms with Crippen molar-refractivity contribution in [3.63, 3.8) is 0 Å². The maximum Gasteiger partial charge on any atom is 0.416 e. The van der Waals surface area contributed by atoms with E-state index in [0.717, 1.165) is 12.1 Å². The minimum atomic E-state index is -4.58. The van der Waals surface area contributed by atoms with Crippen molar-refractivity contribution >= 4 is 27.4 Å². The quantitative estimate of drug-likeness (QED) is 0.342. The van der Waals surface area contributed by atoms with E-state index in [1.165, 1.54) is 37.4 Å².